The van der Waals surface area contributed by atoms with Crippen molar-refractivity contribution < 1.29 is 23.8 Å². The lowest BCUT2D eigenvalue weighted by Crippen LogP contribution is -2.29. The first-order chi connectivity index (χ1) is 14.9. The summed E-state index contributed by atoms with van der Waals surface area (Å²) in [5.41, 5.74) is 0.715. The van der Waals surface area contributed by atoms with Gasteiger partial charge >= 0.3 is 0 Å². The van der Waals surface area contributed by atoms with E-state index < -0.39 is 17.7 Å². The monoisotopic (exact) mass is 437 g/mol. The van der Waals surface area contributed by atoms with Crippen molar-refractivity contribution in [1.29, 1.82) is 0 Å². The molecule has 0 aliphatic carbocycles. The van der Waals surface area contributed by atoms with E-state index in [9.17, 15) is 14.7 Å². The highest BCUT2D eigenvalue weighted by atomic mass is 35.5. The molecule has 6 nitrogen and oxygen atoms in total. The van der Waals surface area contributed by atoms with Gasteiger partial charge in [-0.15, -0.1) is 0 Å². The third-order valence-corrected chi connectivity index (χ3v) is 5.06. The van der Waals surface area contributed by atoms with Crippen LogP contribution in [0.5, 0.6) is 5.75 Å². The van der Waals surface area contributed by atoms with E-state index in [4.69, 9.17) is 20.8 Å². The lowest BCUT2D eigenvalue weighted by molar-refractivity contribution is -0.132. The number of amides is 1. The zero-order valence-corrected chi connectivity index (χ0v) is 17.7. The van der Waals surface area contributed by atoms with Gasteiger partial charge in [0.1, 0.15) is 23.3 Å². The largest absolute Gasteiger partial charge is 0.507 e. The maximum atomic E-state index is 13.0. The van der Waals surface area contributed by atoms with Crippen LogP contribution in [-0.4, -0.2) is 22.9 Å². The molecule has 1 N–H and O–H groups in total. The normalized spacial score (nSPS) is 18.1. The smallest absolute Gasteiger partial charge is 0.300 e. The standard InChI is InChI=1S/C24H20ClNO5/c1-14(2)31-18-9-3-6-15(12-18)22(27)20-21(19-10-5-11-30-19)26(24(29)23(20)28)17-8-4-7-16(25)13-17/h3-14,21,27H,1-2H3/b22-20-. The minimum atomic E-state index is -0.942. The molecule has 1 aliphatic heterocycles. The van der Waals surface area contributed by atoms with E-state index in [0.717, 1.165) is 0 Å². The number of rotatable bonds is 5. The van der Waals surface area contributed by atoms with E-state index >= 15 is 0 Å². The molecule has 1 amide bonds. The van der Waals surface area contributed by atoms with Crippen molar-refractivity contribution in [3.8, 4) is 5.75 Å². The molecule has 1 atom stereocenters. The summed E-state index contributed by atoms with van der Waals surface area (Å²) in [4.78, 5) is 27.3. The fourth-order valence-corrected chi connectivity index (χ4v) is 3.77. The second-order valence-electron chi connectivity index (χ2n) is 7.36. The van der Waals surface area contributed by atoms with Crippen LogP contribution in [0.4, 0.5) is 5.69 Å². The number of carbonyl (C=O) groups is 2. The van der Waals surface area contributed by atoms with Crippen LogP contribution in [0, 0.1) is 0 Å². The quantitative estimate of drug-likeness (QED) is 0.331. The van der Waals surface area contributed by atoms with Gasteiger partial charge in [-0.2, -0.15) is 0 Å². The van der Waals surface area contributed by atoms with Crippen LogP contribution in [0.25, 0.3) is 5.76 Å². The summed E-state index contributed by atoms with van der Waals surface area (Å²) in [6.07, 6.45) is 1.39. The summed E-state index contributed by atoms with van der Waals surface area (Å²) in [6, 6.07) is 15.7. The Bertz CT molecular complexity index is 1170. The third-order valence-electron chi connectivity index (χ3n) is 4.82. The third kappa shape index (κ3) is 3.94. The molecule has 1 fully saturated rings. The summed E-state index contributed by atoms with van der Waals surface area (Å²) < 4.78 is 11.2. The SMILES string of the molecule is CC(C)Oc1cccc(/C(O)=C2/C(=O)C(=O)N(c3cccc(Cl)c3)C2c2ccco2)c1. The Morgan fingerprint density at radius 2 is 1.87 bits per heavy atom. The molecule has 4 rings (SSSR count). The molecule has 3 aromatic rings. The van der Waals surface area contributed by atoms with E-state index in [1.54, 1.807) is 60.7 Å². The molecule has 0 radical (unpaired) electrons. The van der Waals surface area contributed by atoms with Gasteiger partial charge in [-0.05, 0) is 56.3 Å². The van der Waals surface area contributed by atoms with Crippen molar-refractivity contribution in [3.05, 3.63) is 88.8 Å². The van der Waals surface area contributed by atoms with Gasteiger partial charge in [0.2, 0.25) is 0 Å². The van der Waals surface area contributed by atoms with E-state index in [2.05, 4.69) is 0 Å². The maximum absolute atomic E-state index is 13.0. The number of Topliss-reactive ketones (excluding diaryl/α,β-unsaturated/α-hetero) is 1. The molecular formula is C24H20ClNO5. The maximum Gasteiger partial charge on any atom is 0.300 e. The molecule has 1 aliphatic rings. The first-order valence-corrected chi connectivity index (χ1v) is 10.1. The number of aliphatic hydroxyl groups excluding tert-OH is 1. The first kappa shape index (κ1) is 20.8. The summed E-state index contributed by atoms with van der Waals surface area (Å²) >= 11 is 6.11. The Hall–Kier alpha value is -3.51. The van der Waals surface area contributed by atoms with Crippen LogP contribution in [0.15, 0.2) is 76.9 Å². The van der Waals surface area contributed by atoms with Gasteiger partial charge in [0.15, 0.2) is 0 Å². The molecule has 1 unspecified atom stereocenters. The summed E-state index contributed by atoms with van der Waals surface area (Å²) in [5, 5.41) is 11.5. The Balaban J connectivity index is 1.88. The van der Waals surface area contributed by atoms with Crippen LogP contribution in [0.1, 0.15) is 31.2 Å². The zero-order chi connectivity index (χ0) is 22.1. The van der Waals surface area contributed by atoms with Crippen LogP contribution in [0.2, 0.25) is 5.02 Å². The minimum absolute atomic E-state index is 0.0612. The van der Waals surface area contributed by atoms with E-state index in [0.29, 0.717) is 27.8 Å². The van der Waals surface area contributed by atoms with Gasteiger partial charge in [-0.25, -0.2) is 0 Å². The summed E-state index contributed by atoms with van der Waals surface area (Å²) in [6.45, 7) is 3.78. The molecule has 0 bridgehead atoms. The Kier molecular flexibility index (Phi) is 5.57. The summed E-state index contributed by atoms with van der Waals surface area (Å²) in [5.74, 6) is -1.01. The van der Waals surface area contributed by atoms with Gasteiger partial charge < -0.3 is 14.3 Å². The molecule has 7 heteroatoms. The van der Waals surface area contributed by atoms with Crippen molar-refractivity contribution in [3.63, 3.8) is 0 Å². The highest BCUT2D eigenvalue weighted by Gasteiger charge is 2.48. The highest BCUT2D eigenvalue weighted by Crippen LogP contribution is 2.42. The zero-order valence-electron chi connectivity index (χ0n) is 16.9. The number of aliphatic hydroxyl groups is 1. The number of nitrogens with zero attached hydrogens (tertiary/aromatic N) is 1. The molecule has 0 spiro atoms. The average molecular weight is 438 g/mol. The second-order valence-corrected chi connectivity index (χ2v) is 7.80. The van der Waals surface area contributed by atoms with Gasteiger partial charge in [0.05, 0.1) is 17.9 Å². The fourth-order valence-electron chi connectivity index (χ4n) is 3.59. The van der Waals surface area contributed by atoms with Gasteiger partial charge in [0.25, 0.3) is 11.7 Å². The van der Waals surface area contributed by atoms with Crippen molar-refractivity contribution >= 4 is 34.7 Å². The van der Waals surface area contributed by atoms with Gasteiger partial charge in [-0.1, -0.05) is 29.8 Å². The van der Waals surface area contributed by atoms with Crippen LogP contribution in [-0.2, 0) is 9.59 Å². The fraction of sp³-hybridized carbons (Fsp3) is 0.167. The predicted molar refractivity (Wildman–Crippen MR) is 117 cm³/mol. The predicted octanol–water partition coefficient (Wildman–Crippen LogP) is 5.35. The molecule has 31 heavy (non-hydrogen) atoms. The number of furan rings is 1. The number of halogens is 1. The molecule has 2 aromatic carbocycles. The Morgan fingerprint density at radius 3 is 2.55 bits per heavy atom. The first-order valence-electron chi connectivity index (χ1n) is 9.74. The Morgan fingerprint density at radius 1 is 1.10 bits per heavy atom. The second kappa shape index (κ2) is 8.32. The topological polar surface area (TPSA) is 80.0 Å². The molecule has 158 valence electrons. The summed E-state index contributed by atoms with van der Waals surface area (Å²) in [7, 11) is 0. The van der Waals surface area contributed by atoms with Crippen molar-refractivity contribution in [1.82, 2.24) is 0 Å². The number of hydrogen-bond acceptors (Lipinski definition) is 5. The lowest BCUT2D eigenvalue weighted by Gasteiger charge is -2.23. The van der Waals surface area contributed by atoms with Crippen molar-refractivity contribution in [2.45, 2.75) is 26.0 Å². The van der Waals surface area contributed by atoms with Crippen molar-refractivity contribution in [2.24, 2.45) is 0 Å². The molecule has 2 heterocycles. The molecular weight excluding hydrogens is 418 g/mol. The number of anilines is 1. The van der Waals surface area contributed by atoms with Crippen LogP contribution in [0.3, 0.4) is 0 Å². The minimum Gasteiger partial charge on any atom is -0.507 e. The number of ketones is 1. The highest BCUT2D eigenvalue weighted by molar-refractivity contribution is 6.51. The molecule has 0 saturated carbocycles. The van der Waals surface area contributed by atoms with Crippen LogP contribution < -0.4 is 9.64 Å². The molecule has 1 saturated heterocycles. The average Bonchev–Trinajstić information content (AvgIpc) is 3.34. The lowest BCUT2D eigenvalue weighted by atomic mass is 9.99. The van der Waals surface area contributed by atoms with E-state index in [-0.39, 0.29) is 17.4 Å². The number of hydrogen-bond donors (Lipinski definition) is 1. The van der Waals surface area contributed by atoms with Crippen LogP contribution >= 0.6 is 11.6 Å². The van der Waals surface area contributed by atoms with E-state index in [1.165, 1.54) is 11.2 Å². The molecule has 1 aromatic heterocycles. The van der Waals surface area contributed by atoms with E-state index in [1.807, 2.05) is 13.8 Å². The number of ether oxygens (including phenoxy) is 1. The Labute approximate surface area is 184 Å². The van der Waals surface area contributed by atoms with Crippen molar-refractivity contribution in [2.75, 3.05) is 4.90 Å². The number of carbonyl (C=O) groups excluding carboxylic acids is 2. The van der Waals surface area contributed by atoms with Gasteiger partial charge in [-0.3, -0.25) is 14.5 Å². The number of benzene rings is 2. The van der Waals surface area contributed by atoms with Gasteiger partial charge in [0, 0.05) is 16.3 Å².